The molecule has 3 nitrogen and oxygen atoms in total. The summed E-state index contributed by atoms with van der Waals surface area (Å²) in [5.74, 6) is 3.27. The van der Waals surface area contributed by atoms with E-state index in [1.807, 2.05) is 11.8 Å². The van der Waals surface area contributed by atoms with E-state index in [2.05, 4.69) is 34.9 Å². The molecule has 1 aromatic carbocycles. The van der Waals surface area contributed by atoms with Crippen LogP contribution in [0.3, 0.4) is 0 Å². The maximum absolute atomic E-state index is 12.2. The summed E-state index contributed by atoms with van der Waals surface area (Å²) >= 11 is 1.99. The lowest BCUT2D eigenvalue weighted by atomic mass is 9.95. The van der Waals surface area contributed by atoms with Gasteiger partial charge in [-0.1, -0.05) is 24.3 Å². The second-order valence-corrected chi connectivity index (χ2v) is 6.53. The maximum Gasteiger partial charge on any atom is 0.237 e. The number of hydrogen-bond acceptors (Lipinski definition) is 3. The lowest BCUT2D eigenvalue weighted by molar-refractivity contribution is -0.123. The highest BCUT2D eigenvalue weighted by atomic mass is 32.2. The molecule has 2 aliphatic rings. The molecule has 1 fully saturated rings. The van der Waals surface area contributed by atoms with Crippen molar-refractivity contribution in [1.29, 1.82) is 0 Å². The van der Waals surface area contributed by atoms with Crippen LogP contribution in [0.2, 0.25) is 0 Å². The SMILES string of the molecule is O=C(NCC1CCSC1)C1Cc2ccccc2CN1. The van der Waals surface area contributed by atoms with Crippen LogP contribution in [0.5, 0.6) is 0 Å². The average Bonchev–Trinajstić information content (AvgIpc) is 2.97. The average molecular weight is 276 g/mol. The van der Waals surface area contributed by atoms with Crippen LogP contribution in [-0.2, 0) is 17.8 Å². The zero-order valence-electron chi connectivity index (χ0n) is 11.0. The zero-order chi connectivity index (χ0) is 13.1. The summed E-state index contributed by atoms with van der Waals surface area (Å²) < 4.78 is 0. The highest BCUT2D eigenvalue weighted by molar-refractivity contribution is 7.99. The summed E-state index contributed by atoms with van der Waals surface area (Å²) in [6.07, 6.45) is 2.05. The van der Waals surface area contributed by atoms with Gasteiger partial charge in [0.15, 0.2) is 0 Å². The molecule has 1 aromatic rings. The zero-order valence-corrected chi connectivity index (χ0v) is 11.8. The highest BCUT2D eigenvalue weighted by Gasteiger charge is 2.24. The summed E-state index contributed by atoms with van der Waals surface area (Å²) in [7, 11) is 0. The van der Waals surface area contributed by atoms with Crippen molar-refractivity contribution < 1.29 is 4.79 Å². The molecule has 3 rings (SSSR count). The van der Waals surface area contributed by atoms with Gasteiger partial charge in [0.1, 0.15) is 0 Å². The van der Waals surface area contributed by atoms with Crippen molar-refractivity contribution in [1.82, 2.24) is 10.6 Å². The Kier molecular flexibility index (Phi) is 4.09. The van der Waals surface area contributed by atoms with Crippen molar-refractivity contribution >= 4 is 17.7 Å². The molecule has 1 amide bonds. The molecule has 0 aromatic heterocycles. The van der Waals surface area contributed by atoms with Gasteiger partial charge < -0.3 is 10.6 Å². The number of fused-ring (bicyclic) bond motifs is 1. The van der Waals surface area contributed by atoms with Crippen LogP contribution >= 0.6 is 11.8 Å². The van der Waals surface area contributed by atoms with Crippen molar-refractivity contribution in [3.8, 4) is 0 Å². The van der Waals surface area contributed by atoms with E-state index < -0.39 is 0 Å². The molecule has 0 aliphatic carbocycles. The van der Waals surface area contributed by atoms with Crippen molar-refractivity contribution in [2.24, 2.45) is 5.92 Å². The Morgan fingerprint density at radius 2 is 2.21 bits per heavy atom. The van der Waals surface area contributed by atoms with Crippen molar-refractivity contribution in [2.45, 2.75) is 25.4 Å². The number of amides is 1. The van der Waals surface area contributed by atoms with Gasteiger partial charge in [0.05, 0.1) is 6.04 Å². The fourth-order valence-electron chi connectivity index (χ4n) is 2.75. The third-order valence-corrected chi connectivity index (χ3v) is 5.22. The number of hydrogen-bond donors (Lipinski definition) is 2. The van der Waals surface area contributed by atoms with Crippen molar-refractivity contribution in [2.75, 3.05) is 18.1 Å². The second-order valence-electron chi connectivity index (χ2n) is 5.38. The molecule has 2 N–H and O–H groups in total. The minimum absolute atomic E-state index is 0.0658. The Morgan fingerprint density at radius 3 is 3.00 bits per heavy atom. The van der Waals surface area contributed by atoms with Crippen LogP contribution in [0.1, 0.15) is 17.5 Å². The lowest BCUT2D eigenvalue weighted by Gasteiger charge is -2.25. The predicted molar refractivity (Wildman–Crippen MR) is 79.2 cm³/mol. The van der Waals surface area contributed by atoms with Gasteiger partial charge in [-0.15, -0.1) is 0 Å². The molecule has 0 saturated carbocycles. The highest BCUT2D eigenvalue weighted by Crippen LogP contribution is 2.22. The van der Waals surface area contributed by atoms with Gasteiger partial charge in [0.25, 0.3) is 0 Å². The number of thioether (sulfide) groups is 1. The van der Waals surface area contributed by atoms with Gasteiger partial charge >= 0.3 is 0 Å². The number of nitrogens with one attached hydrogen (secondary N) is 2. The third-order valence-electron chi connectivity index (χ3n) is 3.99. The molecule has 0 radical (unpaired) electrons. The fourth-order valence-corrected chi connectivity index (χ4v) is 4.04. The largest absolute Gasteiger partial charge is 0.354 e. The Hall–Kier alpha value is -1.00. The van der Waals surface area contributed by atoms with Crippen LogP contribution in [-0.4, -0.2) is 30.0 Å². The molecule has 102 valence electrons. The lowest BCUT2D eigenvalue weighted by Crippen LogP contribution is -2.48. The van der Waals surface area contributed by atoms with Crippen LogP contribution in [0.25, 0.3) is 0 Å². The number of carbonyl (C=O) groups excluding carboxylic acids is 1. The van der Waals surface area contributed by atoms with Gasteiger partial charge in [0.2, 0.25) is 5.91 Å². The standard InChI is InChI=1S/C15H20N2OS/c18-15(17-8-11-5-6-19-10-11)14-7-12-3-1-2-4-13(12)9-16-14/h1-4,11,14,16H,5-10H2,(H,17,18). The predicted octanol–water partition coefficient (Wildman–Crippen LogP) is 1.57. The van der Waals surface area contributed by atoms with Crippen LogP contribution in [0.15, 0.2) is 24.3 Å². The first-order valence-electron chi connectivity index (χ1n) is 6.98. The van der Waals surface area contributed by atoms with E-state index in [9.17, 15) is 4.79 Å². The molecule has 2 atom stereocenters. The summed E-state index contributed by atoms with van der Waals surface area (Å²) in [6.45, 7) is 1.64. The number of rotatable bonds is 3. The molecule has 2 unspecified atom stereocenters. The van der Waals surface area contributed by atoms with E-state index in [-0.39, 0.29) is 11.9 Å². The molecular formula is C15H20N2OS. The molecule has 19 heavy (non-hydrogen) atoms. The first-order valence-corrected chi connectivity index (χ1v) is 8.14. The van der Waals surface area contributed by atoms with E-state index >= 15 is 0 Å². The molecule has 0 spiro atoms. The Morgan fingerprint density at radius 1 is 1.37 bits per heavy atom. The first-order chi connectivity index (χ1) is 9.33. The molecular weight excluding hydrogens is 256 g/mol. The maximum atomic E-state index is 12.2. The summed E-state index contributed by atoms with van der Waals surface area (Å²) in [4.78, 5) is 12.2. The van der Waals surface area contributed by atoms with Gasteiger partial charge in [-0.3, -0.25) is 4.79 Å². The molecule has 1 saturated heterocycles. The Balaban J connectivity index is 1.54. The molecule has 2 heterocycles. The Labute approximate surface area is 118 Å². The van der Waals surface area contributed by atoms with Gasteiger partial charge in [0, 0.05) is 13.1 Å². The molecule has 4 heteroatoms. The summed E-state index contributed by atoms with van der Waals surface area (Å²) in [5, 5.41) is 6.44. The normalized spacial score (nSPS) is 25.9. The van der Waals surface area contributed by atoms with E-state index in [1.54, 1.807) is 0 Å². The van der Waals surface area contributed by atoms with Crippen LogP contribution in [0.4, 0.5) is 0 Å². The second kappa shape index (κ2) is 5.97. The van der Waals surface area contributed by atoms with E-state index in [0.29, 0.717) is 5.92 Å². The molecule has 2 aliphatic heterocycles. The van der Waals surface area contributed by atoms with Crippen LogP contribution < -0.4 is 10.6 Å². The summed E-state index contributed by atoms with van der Waals surface area (Å²) in [6, 6.07) is 8.30. The first kappa shape index (κ1) is 13.0. The van der Waals surface area contributed by atoms with E-state index in [1.165, 1.54) is 29.1 Å². The monoisotopic (exact) mass is 276 g/mol. The topological polar surface area (TPSA) is 41.1 Å². The van der Waals surface area contributed by atoms with E-state index in [0.717, 1.165) is 19.5 Å². The van der Waals surface area contributed by atoms with Gasteiger partial charge in [-0.25, -0.2) is 0 Å². The minimum atomic E-state index is -0.0658. The van der Waals surface area contributed by atoms with Crippen molar-refractivity contribution in [3.05, 3.63) is 35.4 Å². The van der Waals surface area contributed by atoms with Gasteiger partial charge in [-0.2, -0.15) is 11.8 Å². The van der Waals surface area contributed by atoms with Crippen molar-refractivity contribution in [3.63, 3.8) is 0 Å². The van der Waals surface area contributed by atoms with Gasteiger partial charge in [-0.05, 0) is 41.4 Å². The summed E-state index contributed by atoms with van der Waals surface area (Å²) in [5.41, 5.74) is 2.62. The molecule has 0 bridgehead atoms. The number of carbonyl (C=O) groups is 1. The van der Waals surface area contributed by atoms with Crippen LogP contribution in [0, 0.1) is 5.92 Å². The number of benzene rings is 1. The Bertz CT molecular complexity index is 457. The quantitative estimate of drug-likeness (QED) is 0.880. The van der Waals surface area contributed by atoms with E-state index in [4.69, 9.17) is 0 Å². The minimum Gasteiger partial charge on any atom is -0.354 e. The smallest absolute Gasteiger partial charge is 0.237 e. The third kappa shape index (κ3) is 3.12. The fraction of sp³-hybridized carbons (Fsp3) is 0.533.